The number of para-hydroxylation sites is 4. The highest BCUT2D eigenvalue weighted by molar-refractivity contribution is 6.11. The van der Waals surface area contributed by atoms with Crippen LogP contribution in [0.2, 0.25) is 0 Å². The molecular weight excluding hydrogens is 743 g/mol. The fraction of sp³-hybridized carbons (Fsp3) is 0. The third-order valence-corrected chi connectivity index (χ3v) is 12.1. The summed E-state index contributed by atoms with van der Waals surface area (Å²) >= 11 is 0. The van der Waals surface area contributed by atoms with E-state index >= 15 is 0 Å². The van der Waals surface area contributed by atoms with Crippen molar-refractivity contribution in [3.63, 3.8) is 0 Å². The van der Waals surface area contributed by atoms with Gasteiger partial charge in [-0.15, -0.1) is 0 Å². The minimum absolute atomic E-state index is 0.889. The number of rotatable bonds is 7. The molecule has 0 unspecified atom stereocenters. The highest BCUT2D eigenvalue weighted by atomic mass is 16.3. The molecule has 0 aliphatic carbocycles. The molecule has 0 saturated heterocycles. The third kappa shape index (κ3) is 5.90. The summed E-state index contributed by atoms with van der Waals surface area (Å²) in [4.78, 5) is 2.37. The van der Waals surface area contributed by atoms with E-state index in [1.807, 2.05) is 24.3 Å². The van der Waals surface area contributed by atoms with Crippen molar-refractivity contribution < 1.29 is 8.83 Å². The average molecular weight is 780 g/mol. The first-order valence-electron chi connectivity index (χ1n) is 20.7. The number of anilines is 3. The lowest BCUT2D eigenvalue weighted by molar-refractivity contribution is 0.669. The summed E-state index contributed by atoms with van der Waals surface area (Å²) < 4.78 is 13.1. The Bertz CT molecular complexity index is 3590. The maximum Gasteiger partial charge on any atom is 0.143 e. The molecule has 0 spiro atoms. The molecule has 2 heterocycles. The topological polar surface area (TPSA) is 29.5 Å². The number of furan rings is 2. The van der Waals surface area contributed by atoms with E-state index in [-0.39, 0.29) is 0 Å². The van der Waals surface area contributed by atoms with E-state index in [9.17, 15) is 0 Å². The lowest BCUT2D eigenvalue weighted by Crippen LogP contribution is -2.10. The van der Waals surface area contributed by atoms with E-state index in [0.717, 1.165) is 99.9 Å². The van der Waals surface area contributed by atoms with Crippen LogP contribution in [0.3, 0.4) is 0 Å². The zero-order valence-electron chi connectivity index (χ0n) is 33.1. The Morgan fingerprint density at radius 2 is 0.770 bits per heavy atom. The molecule has 12 rings (SSSR count). The van der Waals surface area contributed by atoms with Crippen molar-refractivity contribution >= 4 is 71.7 Å². The molecule has 286 valence electrons. The summed E-state index contributed by atoms with van der Waals surface area (Å²) in [6.45, 7) is 0. The zero-order chi connectivity index (χ0) is 40.3. The van der Waals surface area contributed by atoms with Crippen molar-refractivity contribution in [1.29, 1.82) is 0 Å². The maximum absolute atomic E-state index is 6.61. The summed E-state index contributed by atoms with van der Waals surface area (Å²) in [7, 11) is 0. The Labute approximate surface area is 353 Å². The Kier molecular flexibility index (Phi) is 8.17. The second-order valence-electron chi connectivity index (χ2n) is 15.6. The summed E-state index contributed by atoms with van der Waals surface area (Å²) in [5.74, 6) is 0. The summed E-state index contributed by atoms with van der Waals surface area (Å²) in [5, 5.41) is 6.93. The Hall–Kier alpha value is -8.14. The highest BCUT2D eigenvalue weighted by Gasteiger charge is 2.21. The van der Waals surface area contributed by atoms with Gasteiger partial charge in [-0.2, -0.15) is 0 Å². The number of hydrogen-bond acceptors (Lipinski definition) is 3. The second-order valence-corrected chi connectivity index (χ2v) is 15.6. The van der Waals surface area contributed by atoms with Crippen molar-refractivity contribution in [2.75, 3.05) is 4.90 Å². The predicted molar refractivity (Wildman–Crippen MR) is 255 cm³/mol. The third-order valence-electron chi connectivity index (χ3n) is 12.1. The number of nitrogens with zero attached hydrogens (tertiary/aromatic N) is 1. The molecule has 3 heteroatoms. The van der Waals surface area contributed by atoms with Gasteiger partial charge in [-0.1, -0.05) is 176 Å². The molecule has 12 aromatic rings. The van der Waals surface area contributed by atoms with E-state index < -0.39 is 0 Å². The van der Waals surface area contributed by atoms with Crippen LogP contribution < -0.4 is 4.90 Å². The molecule has 0 atom stereocenters. The van der Waals surface area contributed by atoms with Crippen molar-refractivity contribution in [2.45, 2.75) is 0 Å². The van der Waals surface area contributed by atoms with Crippen LogP contribution in [0.1, 0.15) is 0 Å². The van der Waals surface area contributed by atoms with Crippen LogP contribution in [0.15, 0.2) is 233 Å². The van der Waals surface area contributed by atoms with E-state index in [1.54, 1.807) is 0 Å². The van der Waals surface area contributed by atoms with E-state index in [1.165, 1.54) is 16.3 Å². The molecule has 0 bridgehead atoms. The molecule has 0 aliphatic heterocycles. The van der Waals surface area contributed by atoms with Crippen LogP contribution in [0, 0.1) is 0 Å². The lowest BCUT2D eigenvalue weighted by atomic mass is 9.92. The quantitative estimate of drug-likeness (QED) is 0.161. The van der Waals surface area contributed by atoms with Crippen LogP contribution in [0.25, 0.3) is 99.2 Å². The minimum Gasteiger partial charge on any atom is -0.455 e. The minimum atomic E-state index is 0.889. The van der Waals surface area contributed by atoms with Crippen LogP contribution >= 0.6 is 0 Å². The van der Waals surface area contributed by atoms with Gasteiger partial charge >= 0.3 is 0 Å². The first-order chi connectivity index (χ1) is 30.2. The molecular formula is C58H37NO2. The summed E-state index contributed by atoms with van der Waals surface area (Å²) in [5.41, 5.74) is 15.7. The van der Waals surface area contributed by atoms with E-state index in [0.29, 0.717) is 0 Å². The second kappa shape index (κ2) is 14.3. The van der Waals surface area contributed by atoms with Crippen molar-refractivity contribution in [2.24, 2.45) is 0 Å². The van der Waals surface area contributed by atoms with Crippen molar-refractivity contribution in [3.8, 4) is 44.5 Å². The Morgan fingerprint density at radius 1 is 0.262 bits per heavy atom. The first-order valence-corrected chi connectivity index (χ1v) is 20.7. The molecule has 0 radical (unpaired) electrons. The van der Waals surface area contributed by atoms with Gasteiger partial charge in [-0.3, -0.25) is 0 Å². The smallest absolute Gasteiger partial charge is 0.143 e. The Balaban J connectivity index is 1.05. The van der Waals surface area contributed by atoms with Gasteiger partial charge in [-0.05, 0) is 92.7 Å². The number of hydrogen-bond donors (Lipinski definition) is 0. The number of benzene rings is 10. The SMILES string of the molecule is c1ccc(-c2cc(N(c3ccc(-c4cccc5c4oc4ccccc45)cc3)c3cccc(-c4cccc5ccccc45)c3)ccc2-c2cccc3c2oc2ccccc23)cc1. The molecule has 0 aliphatic rings. The van der Waals surface area contributed by atoms with E-state index in [2.05, 4.69) is 205 Å². The standard InChI is InChI=1S/C58H37NO2/c1-2-14-39(15-3-1)54-37-44(34-35-48(54)51-25-13-27-53-50-22-7-9-29-56(50)61-58(51)53)59(43-19-10-18-41(36-43)46-23-11-17-38-16-4-5-20-45(38)46)42-32-30-40(31-33-42)47-24-12-26-52-49-21-6-8-28-55(49)60-57(47)52/h1-37H. The van der Waals surface area contributed by atoms with Gasteiger partial charge in [-0.25, -0.2) is 0 Å². The van der Waals surface area contributed by atoms with Gasteiger partial charge in [0.05, 0.1) is 0 Å². The maximum atomic E-state index is 6.61. The molecule has 0 N–H and O–H groups in total. The van der Waals surface area contributed by atoms with Crippen LogP contribution in [0.4, 0.5) is 17.1 Å². The molecule has 0 fully saturated rings. The van der Waals surface area contributed by atoms with Gasteiger partial charge in [0, 0.05) is 49.7 Å². The van der Waals surface area contributed by atoms with Gasteiger partial charge < -0.3 is 13.7 Å². The normalized spacial score (nSPS) is 11.6. The molecule has 61 heavy (non-hydrogen) atoms. The van der Waals surface area contributed by atoms with Crippen molar-refractivity contribution in [1.82, 2.24) is 0 Å². The highest BCUT2D eigenvalue weighted by Crippen LogP contribution is 2.45. The predicted octanol–water partition coefficient (Wildman–Crippen LogP) is 16.8. The molecule has 3 nitrogen and oxygen atoms in total. The molecule has 0 saturated carbocycles. The van der Waals surface area contributed by atoms with Gasteiger partial charge in [0.15, 0.2) is 0 Å². The molecule has 0 amide bonds. The zero-order valence-corrected chi connectivity index (χ0v) is 33.1. The van der Waals surface area contributed by atoms with Gasteiger partial charge in [0.1, 0.15) is 22.3 Å². The van der Waals surface area contributed by atoms with Gasteiger partial charge in [0.2, 0.25) is 0 Å². The molecule has 2 aromatic heterocycles. The summed E-state index contributed by atoms with van der Waals surface area (Å²) in [6, 6.07) is 79.9. The Morgan fingerprint density at radius 3 is 1.52 bits per heavy atom. The number of fused-ring (bicyclic) bond motifs is 7. The van der Waals surface area contributed by atoms with Crippen LogP contribution in [-0.4, -0.2) is 0 Å². The van der Waals surface area contributed by atoms with Crippen LogP contribution in [0.5, 0.6) is 0 Å². The summed E-state index contributed by atoms with van der Waals surface area (Å²) in [6.07, 6.45) is 0. The fourth-order valence-electron chi connectivity index (χ4n) is 9.22. The van der Waals surface area contributed by atoms with E-state index in [4.69, 9.17) is 8.83 Å². The largest absolute Gasteiger partial charge is 0.455 e. The van der Waals surface area contributed by atoms with Crippen LogP contribution in [-0.2, 0) is 0 Å². The average Bonchev–Trinajstić information content (AvgIpc) is 3.91. The lowest BCUT2D eigenvalue weighted by Gasteiger charge is -2.27. The monoisotopic (exact) mass is 779 g/mol. The molecule has 10 aromatic carbocycles. The van der Waals surface area contributed by atoms with Gasteiger partial charge in [0.25, 0.3) is 0 Å². The first kappa shape index (κ1) is 34.9. The fourth-order valence-corrected chi connectivity index (χ4v) is 9.22. The van der Waals surface area contributed by atoms with Crippen molar-refractivity contribution in [3.05, 3.63) is 224 Å².